The average Bonchev–Trinajstić information content (AvgIpc) is 3.05. The summed E-state index contributed by atoms with van der Waals surface area (Å²) in [6.07, 6.45) is 1.04. The van der Waals surface area contributed by atoms with Crippen LogP contribution in [0.2, 0.25) is 0 Å². The van der Waals surface area contributed by atoms with Gasteiger partial charge in [0.25, 0.3) is 0 Å². The number of nitrogens with zero attached hydrogens (tertiary/aromatic N) is 4. The maximum atomic E-state index is 12.9. The van der Waals surface area contributed by atoms with E-state index in [1.807, 2.05) is 18.5 Å². The Hall–Kier alpha value is -2.68. The van der Waals surface area contributed by atoms with E-state index in [-0.39, 0.29) is 25.0 Å². The Morgan fingerprint density at radius 3 is 2.96 bits per heavy atom. The maximum absolute atomic E-state index is 12.9. The minimum Gasteiger partial charge on any atom is -0.491 e. The number of hydrogen-bond acceptors (Lipinski definition) is 5. The predicted molar refractivity (Wildman–Crippen MR) is 104 cm³/mol. The van der Waals surface area contributed by atoms with E-state index < -0.39 is 6.10 Å². The first kappa shape index (κ1) is 20.1. The van der Waals surface area contributed by atoms with Crippen LogP contribution >= 0.6 is 0 Å². The lowest BCUT2D eigenvalue weighted by Gasteiger charge is -2.25. The lowest BCUT2D eigenvalue weighted by Crippen LogP contribution is -2.47. The molecule has 0 bridgehead atoms. The number of guanidine groups is 1. The molecule has 3 N–H and O–H groups in total. The lowest BCUT2D eigenvalue weighted by atomic mass is 10.1. The largest absolute Gasteiger partial charge is 0.491 e. The van der Waals surface area contributed by atoms with Crippen molar-refractivity contribution in [2.75, 3.05) is 19.7 Å². The fourth-order valence-corrected chi connectivity index (χ4v) is 3.04. The molecule has 0 fully saturated rings. The Labute approximate surface area is 163 Å². The molecule has 2 atom stereocenters. The summed E-state index contributed by atoms with van der Waals surface area (Å²) >= 11 is 0. The van der Waals surface area contributed by atoms with Crippen LogP contribution in [0.15, 0.2) is 29.3 Å². The van der Waals surface area contributed by atoms with Gasteiger partial charge in [0.15, 0.2) is 5.96 Å². The maximum Gasteiger partial charge on any atom is 0.191 e. The van der Waals surface area contributed by atoms with Gasteiger partial charge in [-0.15, -0.1) is 0 Å². The number of hydrogen-bond donors (Lipinski definition) is 3. The Balaban J connectivity index is 1.50. The molecule has 2 unspecified atom stereocenters. The second-order valence-electron chi connectivity index (χ2n) is 6.78. The molecule has 28 heavy (non-hydrogen) atoms. The predicted octanol–water partition coefficient (Wildman–Crippen LogP) is 1.04. The summed E-state index contributed by atoms with van der Waals surface area (Å²) in [5.74, 6) is 2.64. The van der Waals surface area contributed by atoms with Crippen molar-refractivity contribution in [3.05, 3.63) is 41.7 Å². The van der Waals surface area contributed by atoms with Gasteiger partial charge < -0.3 is 20.5 Å². The minimum absolute atomic E-state index is 0.0829. The highest BCUT2D eigenvalue weighted by atomic mass is 19.1. The van der Waals surface area contributed by atoms with Crippen molar-refractivity contribution in [2.45, 2.75) is 45.4 Å². The monoisotopic (exact) mass is 390 g/mol. The summed E-state index contributed by atoms with van der Waals surface area (Å²) in [6.45, 7) is 5.61. The second-order valence-corrected chi connectivity index (χ2v) is 6.78. The third kappa shape index (κ3) is 5.66. The molecule has 0 spiro atoms. The van der Waals surface area contributed by atoms with Crippen LogP contribution in [0.4, 0.5) is 4.39 Å². The third-order valence-corrected chi connectivity index (χ3v) is 4.37. The highest BCUT2D eigenvalue weighted by Crippen LogP contribution is 2.13. The fraction of sp³-hybridized carbons (Fsp3) is 0.526. The summed E-state index contributed by atoms with van der Waals surface area (Å²) < 4.78 is 20.3. The summed E-state index contributed by atoms with van der Waals surface area (Å²) in [5, 5.41) is 21.1. The topological polar surface area (TPSA) is 96.6 Å². The van der Waals surface area contributed by atoms with E-state index in [9.17, 15) is 9.50 Å². The number of aliphatic hydroxyl groups is 1. The van der Waals surface area contributed by atoms with Crippen LogP contribution in [0, 0.1) is 12.7 Å². The Bertz CT molecular complexity index is 792. The molecule has 0 saturated heterocycles. The number of ether oxygens (including phenoxy) is 1. The molecule has 8 nitrogen and oxygen atoms in total. The molecule has 0 radical (unpaired) electrons. The molecule has 1 aromatic heterocycles. The summed E-state index contributed by atoms with van der Waals surface area (Å²) in [7, 11) is 0. The third-order valence-electron chi connectivity index (χ3n) is 4.37. The Morgan fingerprint density at radius 1 is 1.43 bits per heavy atom. The standard InChI is InChI=1S/C19H27FN6O2/c1-3-21-19(24-15-6-9-18-23-13(2)25-26(18)11-15)22-10-16(27)12-28-17-7-4-14(20)5-8-17/h4-5,7-8,15-16,27H,3,6,9-12H2,1-2H3,(H2,21,22,24). The van der Waals surface area contributed by atoms with E-state index >= 15 is 0 Å². The SMILES string of the molecule is CCNC(=NCC(O)COc1ccc(F)cc1)NC1CCc2nc(C)nn2C1. The van der Waals surface area contributed by atoms with Crippen LogP contribution < -0.4 is 15.4 Å². The summed E-state index contributed by atoms with van der Waals surface area (Å²) in [4.78, 5) is 8.88. The molecule has 3 rings (SSSR count). The van der Waals surface area contributed by atoms with Gasteiger partial charge in [-0.05, 0) is 44.5 Å². The first-order chi connectivity index (χ1) is 13.5. The Morgan fingerprint density at radius 2 is 2.21 bits per heavy atom. The van der Waals surface area contributed by atoms with Gasteiger partial charge in [0.2, 0.25) is 0 Å². The molecule has 0 saturated carbocycles. The number of benzene rings is 1. The number of aliphatic hydroxyl groups excluding tert-OH is 1. The van der Waals surface area contributed by atoms with E-state index in [4.69, 9.17) is 4.74 Å². The van der Waals surface area contributed by atoms with Gasteiger partial charge in [-0.1, -0.05) is 0 Å². The molecule has 1 aromatic carbocycles. The van der Waals surface area contributed by atoms with Crippen molar-refractivity contribution < 1.29 is 14.2 Å². The fourth-order valence-electron chi connectivity index (χ4n) is 3.04. The van der Waals surface area contributed by atoms with Gasteiger partial charge in [-0.2, -0.15) is 5.10 Å². The first-order valence-electron chi connectivity index (χ1n) is 9.55. The first-order valence-corrected chi connectivity index (χ1v) is 9.55. The Kier molecular flexibility index (Phi) is 6.80. The van der Waals surface area contributed by atoms with E-state index in [1.165, 1.54) is 24.3 Å². The number of aromatic nitrogens is 3. The molecule has 2 heterocycles. The molecule has 0 aliphatic carbocycles. The van der Waals surface area contributed by atoms with Crippen LogP contribution in [0.25, 0.3) is 0 Å². The quantitative estimate of drug-likeness (QED) is 0.483. The van der Waals surface area contributed by atoms with E-state index in [0.717, 1.165) is 31.0 Å². The second kappa shape index (κ2) is 9.50. The number of rotatable bonds is 7. The molecule has 1 aliphatic rings. The van der Waals surface area contributed by atoms with Gasteiger partial charge in [0.1, 0.15) is 35.9 Å². The normalized spacial score (nSPS) is 17.7. The lowest BCUT2D eigenvalue weighted by molar-refractivity contribution is 0.114. The number of nitrogens with one attached hydrogen (secondary N) is 2. The van der Waals surface area contributed by atoms with Crippen LogP contribution in [-0.4, -0.2) is 57.7 Å². The van der Waals surface area contributed by atoms with Crippen molar-refractivity contribution >= 4 is 5.96 Å². The molecule has 2 aromatic rings. The van der Waals surface area contributed by atoms with Crippen LogP contribution in [0.3, 0.4) is 0 Å². The zero-order valence-corrected chi connectivity index (χ0v) is 16.2. The van der Waals surface area contributed by atoms with Crippen molar-refractivity contribution in [3.63, 3.8) is 0 Å². The number of fused-ring (bicyclic) bond motifs is 1. The van der Waals surface area contributed by atoms with Gasteiger partial charge in [0, 0.05) is 19.0 Å². The van der Waals surface area contributed by atoms with E-state index in [2.05, 4.69) is 25.7 Å². The zero-order valence-electron chi connectivity index (χ0n) is 16.2. The van der Waals surface area contributed by atoms with Crippen LogP contribution in [0.5, 0.6) is 5.75 Å². The summed E-state index contributed by atoms with van der Waals surface area (Å²) in [5.41, 5.74) is 0. The van der Waals surface area contributed by atoms with Gasteiger partial charge >= 0.3 is 0 Å². The molecule has 1 aliphatic heterocycles. The molecular weight excluding hydrogens is 363 g/mol. The zero-order chi connectivity index (χ0) is 19.9. The number of aryl methyl sites for hydroxylation is 2. The number of halogens is 1. The number of aliphatic imine (C=N–C) groups is 1. The van der Waals surface area contributed by atoms with E-state index in [0.29, 0.717) is 18.3 Å². The molecule has 9 heteroatoms. The molecular formula is C19H27FN6O2. The van der Waals surface area contributed by atoms with Gasteiger partial charge in [-0.3, -0.25) is 4.99 Å². The molecule has 152 valence electrons. The average molecular weight is 390 g/mol. The van der Waals surface area contributed by atoms with Gasteiger partial charge in [-0.25, -0.2) is 14.1 Å². The highest BCUT2D eigenvalue weighted by molar-refractivity contribution is 5.80. The smallest absolute Gasteiger partial charge is 0.191 e. The van der Waals surface area contributed by atoms with Crippen molar-refractivity contribution in [1.29, 1.82) is 0 Å². The van der Waals surface area contributed by atoms with E-state index in [1.54, 1.807) is 0 Å². The van der Waals surface area contributed by atoms with Crippen LogP contribution in [0.1, 0.15) is 25.0 Å². The summed E-state index contributed by atoms with van der Waals surface area (Å²) in [6, 6.07) is 5.89. The molecule has 0 amide bonds. The van der Waals surface area contributed by atoms with Crippen LogP contribution in [-0.2, 0) is 13.0 Å². The highest BCUT2D eigenvalue weighted by Gasteiger charge is 2.21. The van der Waals surface area contributed by atoms with Crippen molar-refractivity contribution in [1.82, 2.24) is 25.4 Å². The van der Waals surface area contributed by atoms with Crippen molar-refractivity contribution in [3.8, 4) is 5.75 Å². The minimum atomic E-state index is -0.767. The van der Waals surface area contributed by atoms with Gasteiger partial charge in [0.05, 0.1) is 13.1 Å². The van der Waals surface area contributed by atoms with Crippen molar-refractivity contribution in [2.24, 2.45) is 4.99 Å².